The molecule has 0 fully saturated rings. The maximum Gasteiger partial charge on any atom is 0.273 e. The van der Waals surface area contributed by atoms with Gasteiger partial charge in [0.1, 0.15) is 11.7 Å². The summed E-state index contributed by atoms with van der Waals surface area (Å²) >= 11 is 1.54. The molecule has 2 amide bonds. The zero-order valence-electron chi connectivity index (χ0n) is 17.3. The summed E-state index contributed by atoms with van der Waals surface area (Å²) in [6.45, 7) is 0.657. The van der Waals surface area contributed by atoms with E-state index in [2.05, 4.69) is 15.3 Å². The van der Waals surface area contributed by atoms with Crippen LogP contribution in [0.2, 0.25) is 0 Å². The monoisotopic (exact) mass is 442 g/mol. The maximum absolute atomic E-state index is 13.5. The Kier molecular flexibility index (Phi) is 6.99. The highest BCUT2D eigenvalue weighted by atomic mass is 32.1. The van der Waals surface area contributed by atoms with Crippen LogP contribution in [0.1, 0.15) is 32.5 Å². The van der Waals surface area contributed by atoms with Gasteiger partial charge in [0, 0.05) is 30.0 Å². The molecular weight excluding hydrogens is 420 g/mol. The third-order valence-electron chi connectivity index (χ3n) is 4.94. The van der Waals surface area contributed by atoms with Crippen molar-refractivity contribution in [3.63, 3.8) is 0 Å². The van der Waals surface area contributed by atoms with Crippen molar-refractivity contribution >= 4 is 23.2 Å². The number of aromatic nitrogens is 2. The molecule has 4 rings (SSSR count). The van der Waals surface area contributed by atoms with Crippen molar-refractivity contribution in [2.75, 3.05) is 0 Å². The van der Waals surface area contributed by atoms with Gasteiger partial charge in [-0.25, -0.2) is 0 Å². The number of hydrogen-bond donors (Lipinski definition) is 1. The summed E-state index contributed by atoms with van der Waals surface area (Å²) in [5.41, 5.74) is 1.96. The van der Waals surface area contributed by atoms with Crippen LogP contribution in [-0.2, 0) is 17.9 Å². The van der Waals surface area contributed by atoms with Gasteiger partial charge >= 0.3 is 0 Å². The van der Waals surface area contributed by atoms with E-state index in [9.17, 15) is 9.59 Å². The zero-order valence-corrected chi connectivity index (χ0v) is 18.1. The molecule has 0 unspecified atom stereocenters. The number of amides is 2. The van der Waals surface area contributed by atoms with E-state index in [4.69, 9.17) is 0 Å². The Morgan fingerprint density at radius 3 is 2.38 bits per heavy atom. The summed E-state index contributed by atoms with van der Waals surface area (Å²) in [4.78, 5) is 37.9. The summed E-state index contributed by atoms with van der Waals surface area (Å²) in [5.74, 6) is -0.573. The summed E-state index contributed by atoms with van der Waals surface area (Å²) in [7, 11) is 0. The molecule has 1 atom stereocenters. The van der Waals surface area contributed by atoms with Crippen molar-refractivity contribution < 1.29 is 9.59 Å². The molecule has 0 saturated heterocycles. The van der Waals surface area contributed by atoms with Crippen LogP contribution in [0.5, 0.6) is 0 Å². The highest BCUT2D eigenvalue weighted by Crippen LogP contribution is 2.26. The molecule has 32 heavy (non-hydrogen) atoms. The average Bonchev–Trinajstić information content (AvgIpc) is 3.37. The second-order valence-electron chi connectivity index (χ2n) is 7.11. The Balaban J connectivity index is 1.68. The fourth-order valence-electron chi connectivity index (χ4n) is 3.39. The van der Waals surface area contributed by atoms with Gasteiger partial charge in [-0.1, -0.05) is 42.5 Å². The Labute approximate surface area is 190 Å². The first-order valence-corrected chi connectivity index (χ1v) is 11.1. The van der Waals surface area contributed by atoms with Crippen molar-refractivity contribution in [2.24, 2.45) is 0 Å². The second-order valence-corrected chi connectivity index (χ2v) is 8.15. The summed E-state index contributed by atoms with van der Waals surface area (Å²) in [6, 6.07) is 21.4. The second kappa shape index (κ2) is 10.5. The van der Waals surface area contributed by atoms with Crippen LogP contribution in [0.25, 0.3) is 0 Å². The molecule has 0 aliphatic rings. The minimum atomic E-state index is -0.835. The molecule has 3 heterocycles. The Bertz CT molecular complexity index is 1140. The molecule has 4 aromatic rings. The maximum atomic E-state index is 13.5. The minimum absolute atomic E-state index is 0.263. The Morgan fingerprint density at radius 2 is 1.69 bits per heavy atom. The predicted octanol–water partition coefficient (Wildman–Crippen LogP) is 4.24. The van der Waals surface area contributed by atoms with Gasteiger partial charge in [0.25, 0.3) is 5.91 Å². The van der Waals surface area contributed by atoms with Crippen LogP contribution in [0.4, 0.5) is 0 Å². The number of nitrogens with one attached hydrogen (secondary N) is 1. The quantitative estimate of drug-likeness (QED) is 0.443. The lowest BCUT2D eigenvalue weighted by Gasteiger charge is -2.31. The lowest BCUT2D eigenvalue weighted by molar-refractivity contribution is -0.126. The van der Waals surface area contributed by atoms with Crippen molar-refractivity contribution in [1.29, 1.82) is 0 Å². The van der Waals surface area contributed by atoms with Crippen LogP contribution in [0.3, 0.4) is 0 Å². The molecule has 3 aromatic heterocycles. The number of nitrogens with zero attached hydrogens (tertiary/aromatic N) is 3. The molecule has 1 N–H and O–H groups in total. The number of carbonyl (C=O) groups excluding carboxylic acids is 2. The van der Waals surface area contributed by atoms with E-state index in [1.165, 1.54) is 0 Å². The summed E-state index contributed by atoms with van der Waals surface area (Å²) in [5, 5.41) is 4.95. The van der Waals surface area contributed by atoms with Crippen LogP contribution in [-0.4, -0.2) is 26.7 Å². The number of hydrogen-bond acceptors (Lipinski definition) is 5. The molecule has 0 saturated carbocycles. The minimum Gasteiger partial charge on any atom is -0.350 e. The number of thiophene rings is 1. The van der Waals surface area contributed by atoms with E-state index in [1.54, 1.807) is 65.2 Å². The molecule has 0 aliphatic carbocycles. The van der Waals surface area contributed by atoms with E-state index in [1.807, 2.05) is 47.8 Å². The molecule has 6 nitrogen and oxygen atoms in total. The Hall–Kier alpha value is -3.84. The summed E-state index contributed by atoms with van der Waals surface area (Å²) in [6.07, 6.45) is 4.83. The molecule has 1 aromatic carbocycles. The lowest BCUT2D eigenvalue weighted by Crippen LogP contribution is -2.43. The molecule has 160 valence electrons. The summed E-state index contributed by atoms with van der Waals surface area (Å²) < 4.78 is 0. The van der Waals surface area contributed by atoms with Gasteiger partial charge in [-0.15, -0.1) is 11.3 Å². The van der Waals surface area contributed by atoms with Gasteiger partial charge in [0.05, 0.1) is 6.54 Å². The van der Waals surface area contributed by atoms with Gasteiger partial charge in [0.15, 0.2) is 0 Å². The van der Waals surface area contributed by atoms with Crippen molar-refractivity contribution in [3.8, 4) is 0 Å². The zero-order chi connectivity index (χ0) is 22.2. The first-order valence-electron chi connectivity index (χ1n) is 10.2. The fourth-order valence-corrected chi connectivity index (χ4v) is 4.09. The van der Waals surface area contributed by atoms with E-state index in [0.29, 0.717) is 24.3 Å². The SMILES string of the molecule is O=C(NCc1ccccc1)[C@@H](c1ccncc1)N(Cc1cccs1)C(=O)c1ccccn1. The standard InChI is InChI=1S/C25H22N4O2S/c30-24(28-17-19-7-2-1-3-8-19)23(20-11-14-26-15-12-20)29(18-21-9-6-16-32-21)25(31)22-10-4-5-13-27-22/h1-16,23H,17-18H2,(H,28,30)/t23-/m1/s1. The van der Waals surface area contributed by atoms with Crippen LogP contribution in [0, 0.1) is 0 Å². The van der Waals surface area contributed by atoms with Gasteiger partial charge in [-0.2, -0.15) is 0 Å². The normalized spacial score (nSPS) is 11.5. The van der Waals surface area contributed by atoms with Crippen LogP contribution in [0.15, 0.2) is 96.8 Å². The molecular formula is C25H22N4O2S. The first-order chi connectivity index (χ1) is 15.7. The molecule has 0 radical (unpaired) electrons. The molecule has 0 spiro atoms. The first kappa shape index (κ1) is 21.4. The highest BCUT2D eigenvalue weighted by Gasteiger charge is 2.32. The van der Waals surface area contributed by atoms with E-state index < -0.39 is 6.04 Å². The third-order valence-corrected chi connectivity index (χ3v) is 5.80. The molecule has 7 heteroatoms. The van der Waals surface area contributed by atoms with Gasteiger partial charge in [-0.05, 0) is 46.8 Å². The number of rotatable bonds is 8. The van der Waals surface area contributed by atoms with Crippen molar-refractivity contribution in [2.45, 2.75) is 19.1 Å². The van der Waals surface area contributed by atoms with Crippen molar-refractivity contribution in [3.05, 3.63) is 118 Å². The van der Waals surface area contributed by atoms with E-state index >= 15 is 0 Å². The molecule has 0 aliphatic heterocycles. The smallest absolute Gasteiger partial charge is 0.273 e. The fraction of sp³-hybridized carbons (Fsp3) is 0.120. The lowest BCUT2D eigenvalue weighted by atomic mass is 10.0. The highest BCUT2D eigenvalue weighted by molar-refractivity contribution is 7.09. The van der Waals surface area contributed by atoms with E-state index in [-0.39, 0.29) is 11.8 Å². The third kappa shape index (κ3) is 5.25. The number of carbonyl (C=O) groups is 2. The van der Waals surface area contributed by atoms with Gasteiger partial charge < -0.3 is 10.2 Å². The predicted molar refractivity (Wildman–Crippen MR) is 124 cm³/mol. The van der Waals surface area contributed by atoms with Gasteiger partial charge in [-0.3, -0.25) is 19.6 Å². The topological polar surface area (TPSA) is 75.2 Å². The number of pyridine rings is 2. The Morgan fingerprint density at radius 1 is 0.906 bits per heavy atom. The molecule has 0 bridgehead atoms. The largest absolute Gasteiger partial charge is 0.350 e. The van der Waals surface area contributed by atoms with E-state index in [0.717, 1.165) is 10.4 Å². The number of benzene rings is 1. The van der Waals surface area contributed by atoms with Crippen LogP contribution >= 0.6 is 11.3 Å². The van der Waals surface area contributed by atoms with Crippen LogP contribution < -0.4 is 5.32 Å². The average molecular weight is 443 g/mol. The van der Waals surface area contributed by atoms with Crippen molar-refractivity contribution in [1.82, 2.24) is 20.2 Å². The van der Waals surface area contributed by atoms with Gasteiger partial charge in [0.2, 0.25) is 5.91 Å².